The minimum absolute atomic E-state index is 0.0443. The Labute approximate surface area is 210 Å². The summed E-state index contributed by atoms with van der Waals surface area (Å²) in [7, 11) is 0. The molecule has 0 aromatic heterocycles. The number of nitrogens with one attached hydrogen (secondary N) is 1. The van der Waals surface area contributed by atoms with Gasteiger partial charge in [0, 0.05) is 23.5 Å². The van der Waals surface area contributed by atoms with Crippen molar-refractivity contribution in [1.82, 2.24) is 10.2 Å². The number of aryl methyl sites for hydroxylation is 1. The third-order valence-corrected chi connectivity index (χ3v) is 5.79. The summed E-state index contributed by atoms with van der Waals surface area (Å²) in [5, 5.41) is 2.99. The van der Waals surface area contributed by atoms with E-state index in [-0.39, 0.29) is 24.5 Å². The molecule has 5 nitrogen and oxygen atoms in total. The van der Waals surface area contributed by atoms with E-state index in [9.17, 15) is 9.59 Å². The first kappa shape index (κ1) is 25.5. The molecule has 3 aromatic carbocycles. The lowest BCUT2D eigenvalue weighted by Gasteiger charge is -2.32. The molecule has 0 spiro atoms. The number of hydrogen-bond acceptors (Lipinski definition) is 3. The second kappa shape index (κ2) is 12.4. The molecule has 34 heavy (non-hydrogen) atoms. The maximum atomic E-state index is 13.5. The van der Waals surface area contributed by atoms with Gasteiger partial charge in [0.2, 0.25) is 5.91 Å². The van der Waals surface area contributed by atoms with E-state index in [4.69, 9.17) is 4.74 Å². The van der Waals surface area contributed by atoms with E-state index in [0.29, 0.717) is 18.7 Å². The molecule has 6 heteroatoms. The predicted octanol–water partition coefficient (Wildman–Crippen LogP) is 5.30. The molecular formula is C28H31BrN2O3. The van der Waals surface area contributed by atoms with Gasteiger partial charge in [-0.05, 0) is 61.7 Å². The van der Waals surface area contributed by atoms with Crippen LogP contribution in [0.5, 0.6) is 5.75 Å². The quantitative estimate of drug-likeness (QED) is 0.393. The fourth-order valence-electron chi connectivity index (χ4n) is 3.70. The first-order valence-electron chi connectivity index (χ1n) is 11.4. The van der Waals surface area contributed by atoms with Crippen molar-refractivity contribution in [1.29, 1.82) is 0 Å². The summed E-state index contributed by atoms with van der Waals surface area (Å²) in [6.07, 6.45) is 0.406. The first-order chi connectivity index (χ1) is 16.3. The van der Waals surface area contributed by atoms with E-state index in [0.717, 1.165) is 21.2 Å². The van der Waals surface area contributed by atoms with Gasteiger partial charge in [-0.25, -0.2) is 0 Å². The van der Waals surface area contributed by atoms with Crippen molar-refractivity contribution in [2.24, 2.45) is 0 Å². The minimum Gasteiger partial charge on any atom is -0.484 e. The largest absolute Gasteiger partial charge is 0.484 e. The van der Waals surface area contributed by atoms with Gasteiger partial charge in [0.1, 0.15) is 11.8 Å². The average Bonchev–Trinajstić information content (AvgIpc) is 2.80. The van der Waals surface area contributed by atoms with Crippen molar-refractivity contribution in [3.8, 4) is 5.75 Å². The number of carbonyl (C=O) groups is 2. The summed E-state index contributed by atoms with van der Waals surface area (Å²) < 4.78 is 6.74. The van der Waals surface area contributed by atoms with Crippen molar-refractivity contribution < 1.29 is 14.3 Å². The molecule has 0 saturated carbocycles. The van der Waals surface area contributed by atoms with Crippen LogP contribution >= 0.6 is 15.9 Å². The number of amides is 2. The van der Waals surface area contributed by atoms with E-state index in [1.54, 1.807) is 4.90 Å². The van der Waals surface area contributed by atoms with E-state index >= 15 is 0 Å². The highest BCUT2D eigenvalue weighted by atomic mass is 79.9. The second-order valence-corrected chi connectivity index (χ2v) is 9.54. The average molecular weight is 523 g/mol. The number of rotatable bonds is 10. The SMILES string of the molecule is Cc1cccc(OCC(=O)N(Cc2cccc(Br)c2)[C@H](Cc2ccccc2)C(=O)NC(C)C)c1. The molecule has 3 aromatic rings. The van der Waals surface area contributed by atoms with Crippen molar-refractivity contribution >= 4 is 27.7 Å². The summed E-state index contributed by atoms with van der Waals surface area (Å²) in [5.74, 6) is 0.195. The molecule has 178 valence electrons. The van der Waals surface area contributed by atoms with Crippen LogP contribution in [0.2, 0.25) is 0 Å². The maximum Gasteiger partial charge on any atom is 0.261 e. The van der Waals surface area contributed by atoms with Gasteiger partial charge in [-0.3, -0.25) is 9.59 Å². The van der Waals surface area contributed by atoms with Gasteiger partial charge in [-0.2, -0.15) is 0 Å². The summed E-state index contributed by atoms with van der Waals surface area (Å²) >= 11 is 3.50. The Kier molecular flexibility index (Phi) is 9.28. The van der Waals surface area contributed by atoms with Crippen LogP contribution in [0.4, 0.5) is 0 Å². The second-order valence-electron chi connectivity index (χ2n) is 8.63. The van der Waals surface area contributed by atoms with E-state index < -0.39 is 6.04 Å². The highest BCUT2D eigenvalue weighted by Gasteiger charge is 2.31. The molecule has 1 atom stereocenters. The van der Waals surface area contributed by atoms with E-state index in [1.807, 2.05) is 99.6 Å². The molecule has 0 aliphatic rings. The van der Waals surface area contributed by atoms with Gasteiger partial charge in [-0.1, -0.05) is 70.5 Å². The van der Waals surface area contributed by atoms with Crippen molar-refractivity contribution in [2.45, 2.75) is 45.8 Å². The van der Waals surface area contributed by atoms with Crippen LogP contribution in [0.25, 0.3) is 0 Å². The molecule has 0 fully saturated rings. The van der Waals surface area contributed by atoms with Crippen molar-refractivity contribution in [3.05, 3.63) is 100 Å². The summed E-state index contributed by atoms with van der Waals surface area (Å²) in [6, 6.07) is 24.4. The van der Waals surface area contributed by atoms with Crippen LogP contribution in [-0.2, 0) is 22.6 Å². The van der Waals surface area contributed by atoms with Crippen LogP contribution in [-0.4, -0.2) is 35.4 Å². The molecule has 0 aliphatic heterocycles. The third kappa shape index (κ3) is 7.73. The lowest BCUT2D eigenvalue weighted by molar-refractivity contribution is -0.143. The molecule has 0 aliphatic carbocycles. The Hall–Kier alpha value is -3.12. The smallest absolute Gasteiger partial charge is 0.261 e. The Morgan fingerprint density at radius 1 is 0.941 bits per heavy atom. The normalized spacial score (nSPS) is 11.7. The van der Waals surface area contributed by atoms with Crippen LogP contribution in [0.15, 0.2) is 83.3 Å². The first-order valence-corrected chi connectivity index (χ1v) is 12.2. The zero-order valence-electron chi connectivity index (χ0n) is 19.8. The number of nitrogens with zero attached hydrogens (tertiary/aromatic N) is 1. The van der Waals surface area contributed by atoms with Gasteiger partial charge >= 0.3 is 0 Å². The van der Waals surface area contributed by atoms with Gasteiger partial charge < -0.3 is 15.0 Å². The monoisotopic (exact) mass is 522 g/mol. The number of benzene rings is 3. The molecular weight excluding hydrogens is 492 g/mol. The van der Waals surface area contributed by atoms with E-state index in [1.165, 1.54) is 0 Å². The maximum absolute atomic E-state index is 13.5. The van der Waals surface area contributed by atoms with Crippen LogP contribution in [0, 0.1) is 6.92 Å². The van der Waals surface area contributed by atoms with Crippen LogP contribution in [0.3, 0.4) is 0 Å². The molecule has 0 unspecified atom stereocenters. The lowest BCUT2D eigenvalue weighted by Crippen LogP contribution is -2.52. The molecule has 0 radical (unpaired) electrons. The van der Waals surface area contributed by atoms with Gasteiger partial charge in [-0.15, -0.1) is 0 Å². The van der Waals surface area contributed by atoms with Crippen LogP contribution < -0.4 is 10.1 Å². The van der Waals surface area contributed by atoms with Gasteiger partial charge in [0.15, 0.2) is 6.61 Å². The zero-order valence-corrected chi connectivity index (χ0v) is 21.4. The van der Waals surface area contributed by atoms with Gasteiger partial charge in [0.25, 0.3) is 5.91 Å². The standard InChI is InChI=1S/C28H31BrN2O3/c1-20(2)30-28(33)26(17-22-10-5-4-6-11-22)31(18-23-12-8-13-24(29)16-23)27(32)19-34-25-14-7-9-21(3)15-25/h4-16,20,26H,17-19H2,1-3H3,(H,30,33)/t26-/m1/s1. The highest BCUT2D eigenvalue weighted by molar-refractivity contribution is 9.10. The molecule has 1 N–H and O–H groups in total. The lowest BCUT2D eigenvalue weighted by atomic mass is 10.0. The fraction of sp³-hybridized carbons (Fsp3) is 0.286. The van der Waals surface area contributed by atoms with Crippen LogP contribution in [0.1, 0.15) is 30.5 Å². The Morgan fingerprint density at radius 2 is 1.65 bits per heavy atom. The Bertz CT molecular complexity index is 1100. The third-order valence-electron chi connectivity index (χ3n) is 5.30. The topological polar surface area (TPSA) is 58.6 Å². The number of ether oxygens (including phenoxy) is 1. The summed E-state index contributed by atoms with van der Waals surface area (Å²) in [5.41, 5.74) is 2.96. The minimum atomic E-state index is -0.683. The van der Waals surface area contributed by atoms with Crippen molar-refractivity contribution in [3.63, 3.8) is 0 Å². The Morgan fingerprint density at radius 3 is 2.32 bits per heavy atom. The molecule has 2 amide bonds. The zero-order chi connectivity index (χ0) is 24.5. The molecule has 0 saturated heterocycles. The summed E-state index contributed by atoms with van der Waals surface area (Å²) in [4.78, 5) is 28.5. The van der Waals surface area contributed by atoms with E-state index in [2.05, 4.69) is 21.2 Å². The molecule has 0 heterocycles. The number of carbonyl (C=O) groups excluding carboxylic acids is 2. The molecule has 3 rings (SSSR count). The Balaban J connectivity index is 1.91. The number of halogens is 1. The molecule has 0 bridgehead atoms. The van der Waals surface area contributed by atoms with Gasteiger partial charge in [0.05, 0.1) is 0 Å². The number of hydrogen-bond donors (Lipinski definition) is 1. The predicted molar refractivity (Wildman–Crippen MR) is 139 cm³/mol. The van der Waals surface area contributed by atoms with Crippen molar-refractivity contribution in [2.75, 3.05) is 6.61 Å². The highest BCUT2D eigenvalue weighted by Crippen LogP contribution is 2.19. The summed E-state index contributed by atoms with van der Waals surface area (Å²) in [6.45, 7) is 5.94. The fourth-order valence-corrected chi connectivity index (χ4v) is 4.15.